The monoisotopic (exact) mass is 409 g/mol. The lowest BCUT2D eigenvalue weighted by atomic mass is 9.95. The first-order valence-electron chi connectivity index (χ1n) is 10.8. The van der Waals surface area contributed by atoms with Crippen LogP contribution in [0, 0.1) is 5.92 Å². The predicted molar refractivity (Wildman–Crippen MR) is 124 cm³/mol. The Bertz CT molecular complexity index is 794. The van der Waals surface area contributed by atoms with Gasteiger partial charge in [0.2, 0.25) is 0 Å². The van der Waals surface area contributed by atoms with Crippen LogP contribution >= 0.6 is 0 Å². The molecule has 2 aromatic rings. The minimum atomic E-state index is 0.113. The normalized spacial score (nSPS) is 15.1. The van der Waals surface area contributed by atoms with Gasteiger partial charge in [0.1, 0.15) is 5.75 Å². The molecular weight excluding hydrogens is 374 g/mol. The molecular formula is C25H35N3O2. The molecule has 5 heteroatoms. The van der Waals surface area contributed by atoms with Crippen LogP contribution in [0.1, 0.15) is 28.8 Å². The number of hydrogen-bond donors (Lipinski definition) is 0. The highest BCUT2D eigenvalue weighted by Gasteiger charge is 2.22. The molecule has 1 saturated heterocycles. The zero-order valence-corrected chi connectivity index (χ0v) is 18.8. The van der Waals surface area contributed by atoms with Gasteiger partial charge in [-0.15, -0.1) is 0 Å². The standard InChI is InChI=1S/C25H35N3O2/c1-26(2)23-9-7-22(8-10-23)25(29)27(3)19-21-14-17-28(18-15-21)16-13-20-5-11-24(30-4)12-6-20/h5-12,21H,13-19H2,1-4H3. The molecule has 2 aromatic carbocycles. The Balaban J connectivity index is 1.41. The summed E-state index contributed by atoms with van der Waals surface area (Å²) in [6, 6.07) is 16.2. The summed E-state index contributed by atoms with van der Waals surface area (Å²) >= 11 is 0. The Kier molecular flexibility index (Phi) is 7.75. The third-order valence-electron chi connectivity index (χ3n) is 6.09. The Hall–Kier alpha value is -2.53. The lowest BCUT2D eigenvalue weighted by molar-refractivity contribution is 0.0740. The fourth-order valence-electron chi connectivity index (χ4n) is 4.06. The number of amides is 1. The van der Waals surface area contributed by atoms with E-state index in [0.29, 0.717) is 5.92 Å². The van der Waals surface area contributed by atoms with Gasteiger partial charge in [-0.05, 0) is 80.2 Å². The van der Waals surface area contributed by atoms with Crippen LogP contribution in [0.4, 0.5) is 5.69 Å². The van der Waals surface area contributed by atoms with Gasteiger partial charge in [-0.1, -0.05) is 12.1 Å². The van der Waals surface area contributed by atoms with E-state index < -0.39 is 0 Å². The van der Waals surface area contributed by atoms with Crippen molar-refractivity contribution in [2.45, 2.75) is 19.3 Å². The quantitative estimate of drug-likeness (QED) is 0.665. The maximum Gasteiger partial charge on any atom is 0.253 e. The minimum Gasteiger partial charge on any atom is -0.497 e. The predicted octanol–water partition coefficient (Wildman–Crippen LogP) is 3.79. The molecule has 1 fully saturated rings. The van der Waals surface area contributed by atoms with Crippen molar-refractivity contribution >= 4 is 11.6 Å². The number of methoxy groups -OCH3 is 1. The molecule has 0 spiro atoms. The average Bonchev–Trinajstić information content (AvgIpc) is 2.78. The number of benzene rings is 2. The van der Waals surface area contributed by atoms with E-state index in [1.54, 1.807) is 7.11 Å². The van der Waals surface area contributed by atoms with E-state index in [1.807, 2.05) is 67.3 Å². The molecule has 5 nitrogen and oxygen atoms in total. The first-order valence-corrected chi connectivity index (χ1v) is 10.8. The smallest absolute Gasteiger partial charge is 0.253 e. The molecule has 0 unspecified atom stereocenters. The number of carbonyl (C=O) groups excluding carboxylic acids is 1. The number of anilines is 1. The molecule has 1 aliphatic rings. The fraction of sp³-hybridized carbons (Fsp3) is 0.480. The summed E-state index contributed by atoms with van der Waals surface area (Å²) in [6.07, 6.45) is 3.37. The molecule has 1 heterocycles. The summed E-state index contributed by atoms with van der Waals surface area (Å²) in [4.78, 5) is 19.2. The van der Waals surface area contributed by atoms with Gasteiger partial charge < -0.3 is 19.4 Å². The molecule has 1 aliphatic heterocycles. The highest BCUT2D eigenvalue weighted by Crippen LogP contribution is 2.20. The molecule has 0 aliphatic carbocycles. The van der Waals surface area contributed by atoms with E-state index in [1.165, 1.54) is 5.56 Å². The molecule has 0 bridgehead atoms. The number of likely N-dealkylation sites (tertiary alicyclic amines) is 1. The van der Waals surface area contributed by atoms with Gasteiger partial charge in [-0.2, -0.15) is 0 Å². The van der Waals surface area contributed by atoms with Gasteiger partial charge in [0.15, 0.2) is 0 Å². The molecule has 0 radical (unpaired) electrons. The average molecular weight is 410 g/mol. The molecule has 162 valence electrons. The zero-order chi connectivity index (χ0) is 21.5. The van der Waals surface area contributed by atoms with Crippen molar-refractivity contribution < 1.29 is 9.53 Å². The number of carbonyl (C=O) groups is 1. The van der Waals surface area contributed by atoms with Gasteiger partial charge in [0.25, 0.3) is 5.91 Å². The Morgan fingerprint density at radius 2 is 1.63 bits per heavy atom. The van der Waals surface area contributed by atoms with E-state index >= 15 is 0 Å². The van der Waals surface area contributed by atoms with Crippen LogP contribution in [-0.4, -0.2) is 70.1 Å². The first kappa shape index (κ1) is 22.2. The van der Waals surface area contributed by atoms with E-state index in [4.69, 9.17) is 4.74 Å². The topological polar surface area (TPSA) is 36.0 Å². The lowest BCUT2D eigenvalue weighted by Crippen LogP contribution is -2.40. The van der Waals surface area contributed by atoms with Gasteiger partial charge in [0.05, 0.1) is 7.11 Å². The largest absolute Gasteiger partial charge is 0.497 e. The van der Waals surface area contributed by atoms with Crippen molar-refractivity contribution in [1.29, 1.82) is 0 Å². The molecule has 0 atom stereocenters. The summed E-state index contributed by atoms with van der Waals surface area (Å²) in [6.45, 7) is 4.15. The Morgan fingerprint density at radius 3 is 2.20 bits per heavy atom. The second-order valence-corrected chi connectivity index (χ2v) is 8.51. The molecule has 0 N–H and O–H groups in total. The van der Waals surface area contributed by atoms with Gasteiger partial charge in [-0.3, -0.25) is 4.79 Å². The Labute approximate surface area is 181 Å². The van der Waals surface area contributed by atoms with Crippen molar-refractivity contribution in [3.05, 3.63) is 59.7 Å². The maximum atomic E-state index is 12.8. The second-order valence-electron chi connectivity index (χ2n) is 8.51. The summed E-state index contributed by atoms with van der Waals surface area (Å²) in [7, 11) is 7.64. The number of rotatable bonds is 8. The highest BCUT2D eigenvalue weighted by molar-refractivity contribution is 5.94. The van der Waals surface area contributed by atoms with E-state index in [0.717, 1.165) is 62.4 Å². The summed E-state index contributed by atoms with van der Waals surface area (Å²) in [5, 5.41) is 0. The van der Waals surface area contributed by atoms with Crippen LogP contribution in [0.2, 0.25) is 0 Å². The summed E-state index contributed by atoms with van der Waals surface area (Å²) < 4.78 is 5.23. The lowest BCUT2D eigenvalue weighted by Gasteiger charge is -2.34. The van der Waals surface area contributed by atoms with E-state index in [9.17, 15) is 4.79 Å². The van der Waals surface area contributed by atoms with Crippen LogP contribution in [0.15, 0.2) is 48.5 Å². The second kappa shape index (κ2) is 10.5. The fourth-order valence-corrected chi connectivity index (χ4v) is 4.06. The minimum absolute atomic E-state index is 0.113. The number of ether oxygens (including phenoxy) is 1. The van der Waals surface area contributed by atoms with Crippen molar-refractivity contribution in [3.63, 3.8) is 0 Å². The maximum absolute atomic E-state index is 12.8. The van der Waals surface area contributed by atoms with Gasteiger partial charge in [0, 0.05) is 45.5 Å². The molecule has 0 saturated carbocycles. The zero-order valence-electron chi connectivity index (χ0n) is 18.8. The molecule has 0 aromatic heterocycles. The number of nitrogens with zero attached hydrogens (tertiary/aromatic N) is 3. The third-order valence-corrected chi connectivity index (χ3v) is 6.09. The van der Waals surface area contributed by atoms with Gasteiger partial charge in [-0.25, -0.2) is 0 Å². The molecule has 30 heavy (non-hydrogen) atoms. The number of hydrogen-bond acceptors (Lipinski definition) is 4. The van der Waals surface area contributed by atoms with Crippen LogP contribution in [-0.2, 0) is 6.42 Å². The van der Waals surface area contributed by atoms with Crippen molar-refractivity contribution in [2.75, 3.05) is 59.3 Å². The van der Waals surface area contributed by atoms with Gasteiger partial charge >= 0.3 is 0 Å². The summed E-state index contributed by atoms with van der Waals surface area (Å²) in [5.74, 6) is 1.60. The van der Waals surface area contributed by atoms with Crippen LogP contribution in [0.25, 0.3) is 0 Å². The Morgan fingerprint density at radius 1 is 1.00 bits per heavy atom. The number of piperidine rings is 1. The van der Waals surface area contributed by atoms with Crippen molar-refractivity contribution in [3.8, 4) is 5.75 Å². The highest BCUT2D eigenvalue weighted by atomic mass is 16.5. The van der Waals surface area contributed by atoms with E-state index in [-0.39, 0.29) is 5.91 Å². The van der Waals surface area contributed by atoms with Crippen LogP contribution in [0.3, 0.4) is 0 Å². The van der Waals surface area contributed by atoms with Crippen LogP contribution < -0.4 is 9.64 Å². The molecule has 1 amide bonds. The summed E-state index contributed by atoms with van der Waals surface area (Å²) in [5.41, 5.74) is 3.22. The third kappa shape index (κ3) is 5.99. The van der Waals surface area contributed by atoms with Crippen LogP contribution in [0.5, 0.6) is 5.75 Å². The van der Waals surface area contributed by atoms with Crippen molar-refractivity contribution in [2.24, 2.45) is 5.92 Å². The van der Waals surface area contributed by atoms with Crippen molar-refractivity contribution in [1.82, 2.24) is 9.80 Å². The first-order chi connectivity index (χ1) is 14.5. The van der Waals surface area contributed by atoms with E-state index in [2.05, 4.69) is 17.0 Å². The molecule has 3 rings (SSSR count). The SMILES string of the molecule is COc1ccc(CCN2CCC(CN(C)C(=O)c3ccc(N(C)C)cc3)CC2)cc1.